The number of rotatable bonds is 6. The van der Waals surface area contributed by atoms with Crippen LogP contribution in [-0.2, 0) is 5.41 Å². The summed E-state index contributed by atoms with van der Waals surface area (Å²) in [7, 11) is 0. The highest BCUT2D eigenvalue weighted by molar-refractivity contribution is 7.98. The van der Waals surface area contributed by atoms with Crippen LogP contribution in [0.1, 0.15) is 48.9 Å². The Morgan fingerprint density at radius 1 is 1.29 bits per heavy atom. The SMILES string of the molecule is CSc1nc(N[C@H](C)c2cccc(C(F)F)c2F)c2cc(C3(C#N)CC3)c(=O)[nH]c2n1. The van der Waals surface area contributed by atoms with E-state index in [0.717, 1.165) is 6.07 Å². The number of aromatic nitrogens is 3. The van der Waals surface area contributed by atoms with E-state index in [1.807, 2.05) is 0 Å². The number of alkyl halides is 2. The number of nitrogens with zero attached hydrogens (tertiary/aromatic N) is 3. The largest absolute Gasteiger partial charge is 0.363 e. The molecule has 0 spiro atoms. The Morgan fingerprint density at radius 2 is 2.00 bits per heavy atom. The van der Waals surface area contributed by atoms with Crippen LogP contribution >= 0.6 is 11.8 Å². The van der Waals surface area contributed by atoms with Gasteiger partial charge >= 0.3 is 0 Å². The predicted octanol–water partition coefficient (Wildman–Crippen LogP) is 4.84. The first-order chi connectivity index (χ1) is 14.8. The molecule has 0 radical (unpaired) electrons. The second kappa shape index (κ2) is 7.89. The number of thioether (sulfide) groups is 1. The average Bonchev–Trinajstić information content (AvgIpc) is 3.54. The van der Waals surface area contributed by atoms with E-state index < -0.39 is 29.3 Å². The van der Waals surface area contributed by atoms with E-state index >= 15 is 0 Å². The fourth-order valence-corrected chi connectivity index (χ4v) is 3.91. The molecule has 2 heterocycles. The topological polar surface area (TPSA) is 94.5 Å². The van der Waals surface area contributed by atoms with Crippen LogP contribution in [0.2, 0.25) is 0 Å². The van der Waals surface area contributed by atoms with Crippen LogP contribution < -0.4 is 10.9 Å². The highest BCUT2D eigenvalue weighted by atomic mass is 32.2. The predicted molar refractivity (Wildman–Crippen MR) is 112 cm³/mol. The Hall–Kier alpha value is -3.06. The van der Waals surface area contributed by atoms with Crippen molar-refractivity contribution in [3.05, 3.63) is 57.1 Å². The molecule has 1 aliphatic carbocycles. The van der Waals surface area contributed by atoms with E-state index in [0.29, 0.717) is 34.8 Å². The Balaban J connectivity index is 1.81. The summed E-state index contributed by atoms with van der Waals surface area (Å²) in [4.78, 5) is 24.0. The lowest BCUT2D eigenvalue weighted by Gasteiger charge is -2.19. The Morgan fingerprint density at radius 3 is 2.61 bits per heavy atom. The van der Waals surface area contributed by atoms with Gasteiger partial charge in [-0.2, -0.15) is 5.26 Å². The molecule has 31 heavy (non-hydrogen) atoms. The summed E-state index contributed by atoms with van der Waals surface area (Å²) >= 11 is 1.25. The Labute approximate surface area is 179 Å². The molecule has 3 aromatic rings. The molecule has 10 heteroatoms. The molecule has 6 nitrogen and oxygen atoms in total. The van der Waals surface area contributed by atoms with E-state index in [4.69, 9.17) is 0 Å². The maximum Gasteiger partial charge on any atom is 0.266 e. The Bertz CT molecular complexity index is 1270. The second-order valence-electron chi connectivity index (χ2n) is 7.44. The van der Waals surface area contributed by atoms with Crippen LogP contribution in [0.4, 0.5) is 19.0 Å². The molecule has 0 saturated heterocycles. The zero-order chi connectivity index (χ0) is 22.3. The van der Waals surface area contributed by atoms with Crippen LogP contribution in [0.15, 0.2) is 34.2 Å². The zero-order valence-corrected chi connectivity index (χ0v) is 17.5. The quantitative estimate of drug-likeness (QED) is 0.416. The molecule has 1 aliphatic rings. The molecule has 160 valence electrons. The molecule has 0 aliphatic heterocycles. The first kappa shape index (κ1) is 21.2. The lowest BCUT2D eigenvalue weighted by molar-refractivity contribution is 0.146. The first-order valence-electron chi connectivity index (χ1n) is 9.53. The molecule has 1 saturated carbocycles. The molecule has 4 rings (SSSR count). The molecule has 1 fully saturated rings. The number of halogens is 3. The number of fused-ring (bicyclic) bond motifs is 1. The van der Waals surface area contributed by atoms with Crippen molar-refractivity contribution in [3.63, 3.8) is 0 Å². The number of nitriles is 1. The fourth-order valence-electron chi connectivity index (χ4n) is 3.54. The van der Waals surface area contributed by atoms with Gasteiger partial charge in [-0.1, -0.05) is 30.0 Å². The number of anilines is 1. The number of benzene rings is 1. The number of hydrogen-bond donors (Lipinski definition) is 2. The van der Waals surface area contributed by atoms with Crippen molar-refractivity contribution < 1.29 is 13.2 Å². The van der Waals surface area contributed by atoms with Gasteiger partial charge in [0.15, 0.2) is 5.16 Å². The maximum absolute atomic E-state index is 14.6. The van der Waals surface area contributed by atoms with Crippen LogP contribution in [0.3, 0.4) is 0 Å². The van der Waals surface area contributed by atoms with E-state index in [1.54, 1.807) is 19.2 Å². The molecule has 1 atom stereocenters. The monoisotopic (exact) mass is 445 g/mol. The standard InChI is InChI=1S/C21H18F3N5OS/c1-10(11-4-3-5-12(15(11)22)16(23)24)26-17-13-8-14(21(9-25)6-7-21)19(30)27-18(13)29-20(28-17)31-2/h3-5,8,10,16H,6-7H2,1-2H3,(H2,26,27,28,29,30)/t10-/m1/s1. The third-order valence-corrected chi connectivity index (χ3v) is 6.01. The van der Waals surface area contributed by atoms with Gasteiger partial charge in [-0.15, -0.1) is 0 Å². The van der Waals surface area contributed by atoms with E-state index in [1.165, 1.54) is 23.9 Å². The molecule has 1 aromatic carbocycles. The summed E-state index contributed by atoms with van der Waals surface area (Å²) < 4.78 is 40.8. The van der Waals surface area contributed by atoms with Gasteiger partial charge in [-0.05, 0) is 32.1 Å². The normalized spacial score (nSPS) is 15.6. The zero-order valence-electron chi connectivity index (χ0n) is 16.7. The van der Waals surface area contributed by atoms with Gasteiger partial charge in [0.2, 0.25) is 0 Å². The molecule has 2 N–H and O–H groups in total. The highest BCUT2D eigenvalue weighted by Crippen LogP contribution is 2.46. The van der Waals surface area contributed by atoms with Gasteiger partial charge in [-0.3, -0.25) is 4.79 Å². The lowest BCUT2D eigenvalue weighted by Crippen LogP contribution is -2.21. The summed E-state index contributed by atoms with van der Waals surface area (Å²) in [6.45, 7) is 1.63. The lowest BCUT2D eigenvalue weighted by atomic mass is 9.98. The Kier molecular flexibility index (Phi) is 5.39. The highest BCUT2D eigenvalue weighted by Gasteiger charge is 2.47. The van der Waals surface area contributed by atoms with Crippen molar-refractivity contribution in [2.24, 2.45) is 0 Å². The van der Waals surface area contributed by atoms with Crippen molar-refractivity contribution in [3.8, 4) is 6.07 Å². The third kappa shape index (κ3) is 3.74. The summed E-state index contributed by atoms with van der Waals surface area (Å²) in [5, 5.41) is 13.4. The second-order valence-corrected chi connectivity index (χ2v) is 8.22. The van der Waals surface area contributed by atoms with Crippen LogP contribution in [0.5, 0.6) is 0 Å². The molecule has 0 bridgehead atoms. The molecule has 0 unspecified atom stereocenters. The smallest absolute Gasteiger partial charge is 0.266 e. The van der Waals surface area contributed by atoms with Gasteiger partial charge in [0.05, 0.1) is 28.5 Å². The maximum atomic E-state index is 14.6. The first-order valence-corrected chi connectivity index (χ1v) is 10.8. The van der Waals surface area contributed by atoms with Crippen LogP contribution in [0, 0.1) is 17.1 Å². The number of nitrogens with one attached hydrogen (secondary N) is 2. The fraction of sp³-hybridized carbons (Fsp3) is 0.333. The van der Waals surface area contributed by atoms with Crippen molar-refractivity contribution in [2.75, 3.05) is 11.6 Å². The minimum Gasteiger partial charge on any atom is -0.363 e. The average molecular weight is 445 g/mol. The summed E-state index contributed by atoms with van der Waals surface area (Å²) in [6, 6.07) is 6.95. The number of aromatic amines is 1. The molecule has 2 aromatic heterocycles. The van der Waals surface area contributed by atoms with E-state index in [9.17, 15) is 23.2 Å². The van der Waals surface area contributed by atoms with E-state index in [2.05, 4.69) is 26.3 Å². The molecular formula is C21H18F3N5OS. The summed E-state index contributed by atoms with van der Waals surface area (Å²) in [6.07, 6.45) is 0.0179. The van der Waals surface area contributed by atoms with Gasteiger partial charge in [0.1, 0.15) is 17.3 Å². The van der Waals surface area contributed by atoms with Crippen molar-refractivity contribution >= 4 is 28.6 Å². The van der Waals surface area contributed by atoms with Crippen molar-refractivity contribution in [1.82, 2.24) is 15.0 Å². The number of hydrogen-bond acceptors (Lipinski definition) is 6. The third-order valence-electron chi connectivity index (χ3n) is 5.47. The summed E-state index contributed by atoms with van der Waals surface area (Å²) in [5.74, 6) is -0.661. The minimum absolute atomic E-state index is 0.0654. The number of H-pyrrole nitrogens is 1. The van der Waals surface area contributed by atoms with Crippen LogP contribution in [0.25, 0.3) is 11.0 Å². The van der Waals surface area contributed by atoms with Gasteiger partial charge in [0, 0.05) is 11.1 Å². The summed E-state index contributed by atoms with van der Waals surface area (Å²) in [5.41, 5.74) is -1.19. The van der Waals surface area contributed by atoms with Gasteiger partial charge in [-0.25, -0.2) is 23.1 Å². The molecular weight excluding hydrogens is 427 g/mol. The van der Waals surface area contributed by atoms with Gasteiger partial charge < -0.3 is 10.3 Å². The molecule has 0 amide bonds. The van der Waals surface area contributed by atoms with Crippen LogP contribution in [-0.4, -0.2) is 21.2 Å². The number of pyridine rings is 1. The van der Waals surface area contributed by atoms with E-state index in [-0.39, 0.29) is 16.8 Å². The van der Waals surface area contributed by atoms with Gasteiger partial charge in [0.25, 0.3) is 12.0 Å². The minimum atomic E-state index is -2.93. The van der Waals surface area contributed by atoms with Crippen molar-refractivity contribution in [2.45, 2.75) is 42.8 Å². The van der Waals surface area contributed by atoms with Crippen molar-refractivity contribution in [1.29, 1.82) is 5.26 Å².